The Bertz CT molecular complexity index is 904. The Labute approximate surface area is 152 Å². The second-order valence-corrected chi connectivity index (χ2v) is 6.74. The Hall–Kier alpha value is -2.71. The smallest absolute Gasteiger partial charge is 0.275 e. The Morgan fingerprint density at radius 3 is 2.68 bits per heavy atom. The fraction of sp³-hybridized carbons (Fsp3) is 0.118. The molecule has 0 radical (unpaired) electrons. The predicted octanol–water partition coefficient (Wildman–Crippen LogP) is 4.09. The van der Waals surface area contributed by atoms with E-state index in [-0.39, 0.29) is 11.8 Å². The third-order valence-electron chi connectivity index (χ3n) is 3.27. The normalized spacial score (nSPS) is 10.3. The van der Waals surface area contributed by atoms with Gasteiger partial charge in [-0.25, -0.2) is 4.98 Å². The van der Waals surface area contributed by atoms with Gasteiger partial charge in [-0.05, 0) is 29.6 Å². The van der Waals surface area contributed by atoms with Crippen molar-refractivity contribution in [3.63, 3.8) is 0 Å². The number of anilines is 2. The maximum atomic E-state index is 12.4. The second-order valence-electron chi connectivity index (χ2n) is 5.10. The van der Waals surface area contributed by atoms with Crippen LogP contribution < -0.4 is 15.4 Å². The molecule has 6 nitrogen and oxygen atoms in total. The minimum atomic E-state index is -0.309. The van der Waals surface area contributed by atoms with Gasteiger partial charge in [-0.3, -0.25) is 9.59 Å². The number of nitrogens with zero attached hydrogens (tertiary/aromatic N) is 1. The van der Waals surface area contributed by atoms with E-state index >= 15 is 0 Å². The van der Waals surface area contributed by atoms with Crippen LogP contribution in [-0.4, -0.2) is 23.9 Å². The van der Waals surface area contributed by atoms with E-state index in [4.69, 9.17) is 4.74 Å². The lowest BCUT2D eigenvalue weighted by Gasteiger charge is -2.11. The molecule has 2 heterocycles. The van der Waals surface area contributed by atoms with Gasteiger partial charge in [0.05, 0.1) is 12.8 Å². The Balaban J connectivity index is 1.77. The van der Waals surface area contributed by atoms with Gasteiger partial charge >= 0.3 is 0 Å². The van der Waals surface area contributed by atoms with E-state index in [0.29, 0.717) is 22.8 Å². The maximum absolute atomic E-state index is 12.4. The number of ether oxygens (including phenoxy) is 1. The first-order valence-corrected chi connectivity index (χ1v) is 9.14. The number of benzene rings is 1. The number of thiazole rings is 1. The number of thiophene rings is 1. The number of nitrogens with one attached hydrogen (secondary N) is 2. The van der Waals surface area contributed by atoms with Crippen molar-refractivity contribution in [3.05, 3.63) is 46.1 Å². The molecule has 0 saturated heterocycles. The molecule has 0 aliphatic carbocycles. The van der Waals surface area contributed by atoms with Gasteiger partial charge in [-0.2, -0.15) is 11.3 Å². The highest BCUT2D eigenvalue weighted by molar-refractivity contribution is 7.14. The van der Waals surface area contributed by atoms with Crippen LogP contribution in [0.4, 0.5) is 11.4 Å². The van der Waals surface area contributed by atoms with Gasteiger partial charge in [0, 0.05) is 28.9 Å². The average molecular weight is 373 g/mol. The molecule has 1 aromatic carbocycles. The second kappa shape index (κ2) is 7.45. The van der Waals surface area contributed by atoms with E-state index in [1.807, 2.05) is 16.8 Å². The Morgan fingerprint density at radius 2 is 2.00 bits per heavy atom. The van der Waals surface area contributed by atoms with E-state index in [2.05, 4.69) is 15.6 Å². The third kappa shape index (κ3) is 4.04. The minimum Gasteiger partial charge on any atom is -0.495 e. The highest BCUT2D eigenvalue weighted by Crippen LogP contribution is 2.29. The molecule has 2 aromatic heterocycles. The topological polar surface area (TPSA) is 80.3 Å². The molecule has 2 N–H and O–H groups in total. The molecule has 3 rings (SSSR count). The number of hydrogen-bond acceptors (Lipinski definition) is 6. The van der Waals surface area contributed by atoms with Crippen molar-refractivity contribution in [3.8, 4) is 16.3 Å². The molecule has 0 saturated carbocycles. The third-order valence-corrected chi connectivity index (χ3v) is 4.85. The molecular formula is C17H15N3O3S2. The van der Waals surface area contributed by atoms with E-state index in [9.17, 15) is 9.59 Å². The van der Waals surface area contributed by atoms with E-state index in [1.54, 1.807) is 34.9 Å². The standard InChI is InChI=1S/C17H15N3O3S2/c1-10(21)18-13-7-12(3-4-15(13)23-2)19-16(22)14-9-25-17(20-14)11-5-6-24-8-11/h3-9H,1-2H3,(H,18,21)(H,19,22). The van der Waals surface area contributed by atoms with Crippen LogP contribution >= 0.6 is 22.7 Å². The number of methoxy groups -OCH3 is 1. The molecule has 8 heteroatoms. The molecule has 0 fully saturated rings. The van der Waals surface area contributed by atoms with Crippen molar-refractivity contribution >= 4 is 45.9 Å². The van der Waals surface area contributed by atoms with Crippen LogP contribution in [-0.2, 0) is 4.79 Å². The first-order chi connectivity index (χ1) is 12.1. The van der Waals surface area contributed by atoms with Gasteiger partial charge < -0.3 is 15.4 Å². The van der Waals surface area contributed by atoms with Gasteiger partial charge in [-0.15, -0.1) is 11.3 Å². The summed E-state index contributed by atoms with van der Waals surface area (Å²) in [4.78, 5) is 28.1. The quantitative estimate of drug-likeness (QED) is 0.706. The molecule has 0 bridgehead atoms. The van der Waals surface area contributed by atoms with Crippen molar-refractivity contribution in [1.82, 2.24) is 4.98 Å². The minimum absolute atomic E-state index is 0.221. The molecule has 3 aromatic rings. The van der Waals surface area contributed by atoms with Gasteiger partial charge in [0.15, 0.2) is 0 Å². The molecule has 25 heavy (non-hydrogen) atoms. The highest BCUT2D eigenvalue weighted by Gasteiger charge is 2.14. The summed E-state index contributed by atoms with van der Waals surface area (Å²) >= 11 is 3.01. The number of rotatable bonds is 5. The van der Waals surface area contributed by atoms with Crippen molar-refractivity contribution in [2.45, 2.75) is 6.92 Å². The van der Waals surface area contributed by atoms with Crippen LogP contribution in [0.3, 0.4) is 0 Å². The first kappa shape index (κ1) is 17.1. The number of carbonyl (C=O) groups is 2. The van der Waals surface area contributed by atoms with Crippen molar-refractivity contribution in [2.24, 2.45) is 0 Å². The molecular weight excluding hydrogens is 358 g/mol. The summed E-state index contributed by atoms with van der Waals surface area (Å²) in [6, 6.07) is 6.99. The van der Waals surface area contributed by atoms with Crippen molar-refractivity contribution in [1.29, 1.82) is 0 Å². The van der Waals surface area contributed by atoms with Crippen LogP contribution in [0.2, 0.25) is 0 Å². The number of aromatic nitrogens is 1. The molecule has 0 aliphatic heterocycles. The molecule has 0 aliphatic rings. The van der Waals surface area contributed by atoms with Gasteiger partial charge in [0.25, 0.3) is 5.91 Å². The average Bonchev–Trinajstić information content (AvgIpc) is 3.26. The zero-order valence-electron chi connectivity index (χ0n) is 13.5. The van der Waals surface area contributed by atoms with E-state index in [0.717, 1.165) is 10.6 Å². The molecule has 2 amide bonds. The fourth-order valence-electron chi connectivity index (χ4n) is 2.16. The molecule has 0 unspecified atom stereocenters. The predicted molar refractivity (Wildman–Crippen MR) is 101 cm³/mol. The lowest BCUT2D eigenvalue weighted by atomic mass is 10.2. The van der Waals surface area contributed by atoms with Crippen LogP contribution in [0.15, 0.2) is 40.4 Å². The van der Waals surface area contributed by atoms with Crippen LogP contribution in [0.25, 0.3) is 10.6 Å². The lowest BCUT2D eigenvalue weighted by Crippen LogP contribution is -2.13. The van der Waals surface area contributed by atoms with Crippen molar-refractivity contribution < 1.29 is 14.3 Å². The summed E-state index contributed by atoms with van der Waals surface area (Å²) in [6.45, 7) is 1.41. The van der Waals surface area contributed by atoms with Gasteiger partial charge in [-0.1, -0.05) is 0 Å². The summed E-state index contributed by atoms with van der Waals surface area (Å²) in [5, 5.41) is 11.9. The Kier molecular flexibility index (Phi) is 5.11. The summed E-state index contributed by atoms with van der Waals surface area (Å²) in [7, 11) is 1.51. The van der Waals surface area contributed by atoms with Crippen molar-refractivity contribution in [2.75, 3.05) is 17.7 Å². The van der Waals surface area contributed by atoms with E-state index in [1.165, 1.54) is 25.4 Å². The van der Waals surface area contributed by atoms with E-state index < -0.39 is 0 Å². The SMILES string of the molecule is COc1ccc(NC(=O)c2csc(-c3ccsc3)n2)cc1NC(C)=O. The number of amides is 2. The summed E-state index contributed by atoms with van der Waals surface area (Å²) in [6.07, 6.45) is 0. The van der Waals surface area contributed by atoms with Crippen LogP contribution in [0, 0.1) is 0 Å². The van der Waals surface area contributed by atoms with Crippen LogP contribution in [0.5, 0.6) is 5.75 Å². The largest absolute Gasteiger partial charge is 0.495 e. The van der Waals surface area contributed by atoms with Gasteiger partial charge in [0.2, 0.25) is 5.91 Å². The number of hydrogen-bond donors (Lipinski definition) is 2. The molecule has 0 atom stereocenters. The summed E-state index contributed by atoms with van der Waals surface area (Å²) in [5.41, 5.74) is 2.39. The zero-order valence-corrected chi connectivity index (χ0v) is 15.2. The highest BCUT2D eigenvalue weighted by atomic mass is 32.1. The number of carbonyl (C=O) groups excluding carboxylic acids is 2. The summed E-state index contributed by atoms with van der Waals surface area (Å²) < 4.78 is 5.20. The summed E-state index contributed by atoms with van der Waals surface area (Å²) in [5.74, 6) is -0.0139. The molecule has 128 valence electrons. The first-order valence-electron chi connectivity index (χ1n) is 7.32. The zero-order chi connectivity index (χ0) is 17.8. The monoisotopic (exact) mass is 373 g/mol. The fourth-order valence-corrected chi connectivity index (χ4v) is 3.68. The van der Waals surface area contributed by atoms with Gasteiger partial charge in [0.1, 0.15) is 16.5 Å². The molecule has 0 spiro atoms. The van der Waals surface area contributed by atoms with Crippen LogP contribution in [0.1, 0.15) is 17.4 Å². The Morgan fingerprint density at radius 1 is 1.16 bits per heavy atom. The lowest BCUT2D eigenvalue weighted by molar-refractivity contribution is -0.114. The maximum Gasteiger partial charge on any atom is 0.275 e.